The Labute approximate surface area is 221 Å². The number of H-pyrrole nitrogens is 1. The number of hydrogen-bond donors (Lipinski definition) is 3. The minimum Gasteiger partial charge on any atom is -0.503 e. The van der Waals surface area contributed by atoms with Gasteiger partial charge in [0.25, 0.3) is 11.8 Å². The van der Waals surface area contributed by atoms with Crippen molar-refractivity contribution in [2.75, 3.05) is 6.54 Å². The van der Waals surface area contributed by atoms with Crippen LogP contribution >= 0.6 is 0 Å². The minimum absolute atomic E-state index is 0.00849. The molecule has 1 aromatic carbocycles. The molecule has 4 heterocycles. The van der Waals surface area contributed by atoms with Gasteiger partial charge in [-0.25, -0.2) is 14.3 Å². The molecule has 39 heavy (non-hydrogen) atoms. The minimum atomic E-state index is -0.694. The Kier molecular flexibility index (Phi) is 6.60. The second kappa shape index (κ2) is 10.0. The van der Waals surface area contributed by atoms with Gasteiger partial charge in [-0.2, -0.15) is 5.10 Å². The van der Waals surface area contributed by atoms with Crippen LogP contribution in [0.1, 0.15) is 56.3 Å². The number of benzene rings is 1. The Morgan fingerprint density at radius 3 is 2.64 bits per heavy atom. The predicted octanol–water partition coefficient (Wildman–Crippen LogP) is 1.11. The van der Waals surface area contributed by atoms with E-state index in [4.69, 9.17) is 0 Å². The summed E-state index contributed by atoms with van der Waals surface area (Å²) in [6, 6.07) is 10.8. The Balaban J connectivity index is 1.31. The van der Waals surface area contributed by atoms with Gasteiger partial charge in [-0.15, -0.1) is 0 Å². The highest BCUT2D eigenvalue weighted by Crippen LogP contribution is 2.22. The summed E-state index contributed by atoms with van der Waals surface area (Å²) in [5.41, 5.74) is 0.812. The predicted molar refractivity (Wildman–Crippen MR) is 140 cm³/mol. The number of nitrogens with zero attached hydrogens (tertiary/aromatic N) is 4. The second-order valence-corrected chi connectivity index (χ2v) is 9.60. The lowest BCUT2D eigenvalue weighted by Gasteiger charge is -2.34. The molecule has 0 fully saturated rings. The molecule has 0 unspecified atom stereocenters. The quantitative estimate of drug-likeness (QED) is 0.302. The third kappa shape index (κ3) is 4.83. The van der Waals surface area contributed by atoms with Gasteiger partial charge in [0.2, 0.25) is 5.43 Å². The van der Waals surface area contributed by atoms with Crippen molar-refractivity contribution in [1.82, 2.24) is 29.4 Å². The summed E-state index contributed by atoms with van der Waals surface area (Å²) in [6.45, 7) is 4.44. The molecule has 0 atom stereocenters. The summed E-state index contributed by atoms with van der Waals surface area (Å²) in [4.78, 5) is 64.5. The maximum absolute atomic E-state index is 12.9. The zero-order chi connectivity index (χ0) is 27.8. The Hall–Kier alpha value is -5.00. The number of amides is 2. The molecule has 12 heteroatoms. The molecule has 4 aromatic rings. The summed E-state index contributed by atoms with van der Waals surface area (Å²) in [5.74, 6) is -1.71. The largest absolute Gasteiger partial charge is 0.503 e. The molecule has 2 amide bonds. The molecule has 1 aliphatic heterocycles. The van der Waals surface area contributed by atoms with Crippen LogP contribution < -0.4 is 16.4 Å². The third-order valence-electron chi connectivity index (χ3n) is 6.74. The fourth-order valence-corrected chi connectivity index (χ4v) is 4.70. The van der Waals surface area contributed by atoms with E-state index in [0.717, 1.165) is 0 Å². The molecular formula is C27H26N6O6. The molecule has 0 aliphatic carbocycles. The van der Waals surface area contributed by atoms with Gasteiger partial charge in [-0.05, 0) is 43.7 Å². The maximum Gasteiger partial charge on any atom is 0.347 e. The molecule has 5 rings (SSSR count). The summed E-state index contributed by atoms with van der Waals surface area (Å²) in [6.07, 6.45) is 1.43. The molecule has 0 radical (unpaired) electrons. The zero-order valence-electron chi connectivity index (χ0n) is 21.3. The van der Waals surface area contributed by atoms with E-state index in [1.807, 2.05) is 13.8 Å². The summed E-state index contributed by atoms with van der Waals surface area (Å²) in [5, 5.41) is 19.2. The van der Waals surface area contributed by atoms with Crippen molar-refractivity contribution in [2.45, 2.75) is 39.4 Å². The Bertz CT molecular complexity index is 1750. The highest BCUT2D eigenvalue weighted by Gasteiger charge is 2.31. The van der Waals surface area contributed by atoms with Crippen LogP contribution in [0.3, 0.4) is 0 Å². The van der Waals surface area contributed by atoms with Crippen molar-refractivity contribution >= 4 is 23.2 Å². The molecule has 3 aromatic heterocycles. The number of carbonyl (C=O) groups excluding carboxylic acids is 3. The molecule has 0 bridgehead atoms. The number of aromatic amines is 1. The fraction of sp³-hybridized carbons (Fsp3) is 0.259. The molecule has 0 saturated heterocycles. The van der Waals surface area contributed by atoms with Crippen LogP contribution in [0.25, 0.3) is 5.65 Å². The standard InChI is InChI=1S/C27H26N6O6/c1-15(2)31-8-9-32-19(12-21(35)24(36)23(32)26(31)38)13-28-25(37)17-5-3-4-16(10-17)11-20(34)18-6-7-22-29-30-27(39)33(22)14-18/h3-7,10,12,14-15,36H,8-9,11,13H2,1-2H3,(H,28,37)(H,30,39). The van der Waals surface area contributed by atoms with Crippen molar-refractivity contribution in [3.63, 3.8) is 0 Å². The number of nitrogens with one attached hydrogen (secondary N) is 2. The molecule has 0 spiro atoms. The molecule has 3 N–H and O–H groups in total. The highest BCUT2D eigenvalue weighted by molar-refractivity contribution is 5.99. The number of aromatic nitrogens is 4. The third-order valence-corrected chi connectivity index (χ3v) is 6.74. The van der Waals surface area contributed by atoms with Gasteiger partial charge in [0.15, 0.2) is 22.9 Å². The van der Waals surface area contributed by atoms with Gasteiger partial charge >= 0.3 is 5.69 Å². The first-order chi connectivity index (χ1) is 18.6. The molecule has 200 valence electrons. The van der Waals surface area contributed by atoms with Crippen LogP contribution in [0.5, 0.6) is 5.75 Å². The monoisotopic (exact) mass is 530 g/mol. The second-order valence-electron chi connectivity index (χ2n) is 9.60. The van der Waals surface area contributed by atoms with E-state index in [1.54, 1.807) is 45.9 Å². The van der Waals surface area contributed by atoms with Crippen LogP contribution in [0.15, 0.2) is 58.3 Å². The lowest BCUT2D eigenvalue weighted by Crippen LogP contribution is -2.46. The first-order valence-electron chi connectivity index (χ1n) is 12.4. The van der Waals surface area contributed by atoms with Gasteiger partial charge in [-0.1, -0.05) is 12.1 Å². The molecule has 12 nitrogen and oxygen atoms in total. The van der Waals surface area contributed by atoms with Crippen molar-refractivity contribution in [3.8, 4) is 5.75 Å². The number of ketones is 1. The van der Waals surface area contributed by atoms with Crippen LogP contribution in [-0.4, -0.2) is 59.4 Å². The maximum atomic E-state index is 12.9. The van der Waals surface area contributed by atoms with E-state index in [1.165, 1.54) is 16.7 Å². The van der Waals surface area contributed by atoms with E-state index in [9.17, 15) is 29.1 Å². The van der Waals surface area contributed by atoms with E-state index in [0.29, 0.717) is 41.1 Å². The van der Waals surface area contributed by atoms with E-state index >= 15 is 0 Å². The van der Waals surface area contributed by atoms with Crippen molar-refractivity contribution < 1.29 is 19.5 Å². The normalized spacial score (nSPS) is 13.1. The van der Waals surface area contributed by atoms with Gasteiger partial charge in [0.05, 0.1) is 6.54 Å². The molecular weight excluding hydrogens is 504 g/mol. The van der Waals surface area contributed by atoms with Crippen molar-refractivity contribution in [3.05, 3.63) is 97.4 Å². The van der Waals surface area contributed by atoms with E-state index in [-0.39, 0.29) is 30.5 Å². The van der Waals surface area contributed by atoms with Crippen LogP contribution in [0.2, 0.25) is 0 Å². The first-order valence-corrected chi connectivity index (χ1v) is 12.4. The lowest BCUT2D eigenvalue weighted by atomic mass is 10.0. The number of rotatable bonds is 7. The van der Waals surface area contributed by atoms with Crippen molar-refractivity contribution in [2.24, 2.45) is 0 Å². The summed E-state index contributed by atoms with van der Waals surface area (Å²) in [7, 11) is 0. The number of pyridine rings is 2. The number of fused-ring (bicyclic) bond motifs is 2. The Morgan fingerprint density at radius 1 is 1.08 bits per heavy atom. The molecule has 0 saturated carbocycles. The topological polar surface area (TPSA) is 159 Å². The van der Waals surface area contributed by atoms with E-state index in [2.05, 4.69) is 15.5 Å². The smallest absolute Gasteiger partial charge is 0.347 e. The van der Waals surface area contributed by atoms with Crippen LogP contribution in [-0.2, 0) is 19.5 Å². The number of carbonyl (C=O) groups is 3. The highest BCUT2D eigenvalue weighted by atomic mass is 16.3. The number of aromatic hydroxyl groups is 1. The lowest BCUT2D eigenvalue weighted by molar-refractivity contribution is 0.0639. The number of Topliss-reactive ketones (excluding diaryl/α,β-unsaturated/α-hetero) is 1. The van der Waals surface area contributed by atoms with Crippen LogP contribution in [0, 0.1) is 0 Å². The van der Waals surface area contributed by atoms with Gasteiger partial charge < -0.3 is 19.9 Å². The van der Waals surface area contributed by atoms with Crippen LogP contribution in [0.4, 0.5) is 0 Å². The van der Waals surface area contributed by atoms with Gasteiger partial charge in [0.1, 0.15) is 0 Å². The molecule has 1 aliphatic rings. The van der Waals surface area contributed by atoms with Gasteiger partial charge in [0, 0.05) is 54.6 Å². The fourth-order valence-electron chi connectivity index (χ4n) is 4.70. The SMILES string of the molecule is CC(C)N1CCn2c(CNC(=O)c3cccc(CC(=O)c4ccc5n[nH]c(=O)n5c4)c3)cc(=O)c(O)c2C1=O. The van der Waals surface area contributed by atoms with Crippen molar-refractivity contribution in [1.29, 1.82) is 0 Å². The van der Waals surface area contributed by atoms with Gasteiger partial charge in [-0.3, -0.25) is 19.2 Å². The van der Waals surface area contributed by atoms with E-state index < -0.39 is 28.7 Å². The summed E-state index contributed by atoms with van der Waals surface area (Å²) >= 11 is 0. The number of hydrogen-bond acceptors (Lipinski definition) is 7. The zero-order valence-corrected chi connectivity index (χ0v) is 21.3. The summed E-state index contributed by atoms with van der Waals surface area (Å²) < 4.78 is 2.81. The Morgan fingerprint density at radius 2 is 1.87 bits per heavy atom. The average Bonchev–Trinajstić information content (AvgIpc) is 3.29. The average molecular weight is 531 g/mol. The first kappa shape index (κ1) is 25.6.